The van der Waals surface area contributed by atoms with Crippen LogP contribution in [-0.4, -0.2) is 4.98 Å². The van der Waals surface area contributed by atoms with E-state index < -0.39 is 0 Å². The summed E-state index contributed by atoms with van der Waals surface area (Å²) in [5, 5.41) is 3.53. The average Bonchev–Trinajstić information content (AvgIpc) is 2.73. The van der Waals surface area contributed by atoms with Crippen molar-refractivity contribution in [2.45, 2.75) is 33.4 Å². The van der Waals surface area contributed by atoms with Crippen LogP contribution in [0, 0.1) is 13.8 Å². The van der Waals surface area contributed by atoms with Gasteiger partial charge < -0.3 is 5.32 Å². The Labute approximate surface area is 107 Å². The van der Waals surface area contributed by atoms with Gasteiger partial charge in [-0.1, -0.05) is 29.8 Å². The van der Waals surface area contributed by atoms with E-state index in [1.807, 2.05) is 5.51 Å². The van der Waals surface area contributed by atoms with Gasteiger partial charge >= 0.3 is 0 Å². The topological polar surface area (TPSA) is 24.9 Å². The molecule has 1 heterocycles. The van der Waals surface area contributed by atoms with Gasteiger partial charge in [-0.2, -0.15) is 0 Å². The van der Waals surface area contributed by atoms with Crippen molar-refractivity contribution in [3.8, 4) is 0 Å². The van der Waals surface area contributed by atoms with Crippen LogP contribution in [0.5, 0.6) is 0 Å². The molecule has 0 radical (unpaired) electrons. The third-order valence-electron chi connectivity index (χ3n) is 2.99. The van der Waals surface area contributed by atoms with E-state index in [0.29, 0.717) is 6.04 Å². The number of benzene rings is 1. The number of aromatic nitrogens is 1. The Bertz CT molecular complexity index is 473. The summed E-state index contributed by atoms with van der Waals surface area (Å²) in [6.07, 6.45) is 0. The molecule has 1 atom stereocenters. The maximum absolute atomic E-state index is 4.26. The Morgan fingerprint density at radius 2 is 1.94 bits per heavy atom. The number of hydrogen-bond donors (Lipinski definition) is 1. The lowest BCUT2D eigenvalue weighted by Gasteiger charge is -2.14. The van der Waals surface area contributed by atoms with Crippen LogP contribution in [0.1, 0.15) is 34.7 Å². The molecule has 0 spiro atoms. The zero-order chi connectivity index (χ0) is 12.3. The fourth-order valence-electron chi connectivity index (χ4n) is 1.71. The first-order valence-electron chi connectivity index (χ1n) is 5.85. The van der Waals surface area contributed by atoms with E-state index in [0.717, 1.165) is 12.2 Å². The molecule has 2 rings (SSSR count). The van der Waals surface area contributed by atoms with Gasteiger partial charge in [0, 0.05) is 17.5 Å². The van der Waals surface area contributed by atoms with Gasteiger partial charge in [0.2, 0.25) is 0 Å². The van der Waals surface area contributed by atoms with Crippen LogP contribution in [0.2, 0.25) is 0 Å². The summed E-state index contributed by atoms with van der Waals surface area (Å²) < 4.78 is 0. The lowest BCUT2D eigenvalue weighted by Crippen LogP contribution is -2.17. The van der Waals surface area contributed by atoms with Crippen molar-refractivity contribution in [1.29, 1.82) is 0 Å². The van der Waals surface area contributed by atoms with Crippen LogP contribution in [0.4, 0.5) is 0 Å². The molecule has 0 amide bonds. The molecule has 90 valence electrons. The first-order valence-corrected chi connectivity index (χ1v) is 6.73. The minimum Gasteiger partial charge on any atom is -0.305 e. The van der Waals surface area contributed by atoms with Crippen LogP contribution in [0.15, 0.2) is 29.8 Å². The molecule has 3 heteroatoms. The summed E-state index contributed by atoms with van der Waals surface area (Å²) in [6, 6.07) is 9.06. The SMILES string of the molecule is Cc1ccc([C@H](C)NCc2scnc2C)cc1. The van der Waals surface area contributed by atoms with Crippen molar-refractivity contribution in [2.24, 2.45) is 0 Å². The second kappa shape index (κ2) is 5.43. The molecule has 0 aliphatic heterocycles. The zero-order valence-corrected chi connectivity index (χ0v) is 11.3. The Morgan fingerprint density at radius 1 is 1.24 bits per heavy atom. The van der Waals surface area contributed by atoms with Crippen molar-refractivity contribution in [3.05, 3.63) is 51.5 Å². The van der Waals surface area contributed by atoms with Crippen LogP contribution in [0.3, 0.4) is 0 Å². The molecule has 2 nitrogen and oxygen atoms in total. The summed E-state index contributed by atoms with van der Waals surface area (Å²) in [5.41, 5.74) is 5.68. The Hall–Kier alpha value is -1.19. The summed E-state index contributed by atoms with van der Waals surface area (Å²) in [4.78, 5) is 5.58. The maximum Gasteiger partial charge on any atom is 0.0798 e. The smallest absolute Gasteiger partial charge is 0.0798 e. The molecule has 2 aromatic rings. The Balaban J connectivity index is 1.95. The van der Waals surface area contributed by atoms with E-state index in [1.54, 1.807) is 11.3 Å². The van der Waals surface area contributed by atoms with E-state index in [-0.39, 0.29) is 0 Å². The molecule has 0 saturated carbocycles. The predicted molar refractivity (Wildman–Crippen MR) is 73.3 cm³/mol. The second-order valence-corrected chi connectivity index (χ2v) is 5.31. The monoisotopic (exact) mass is 246 g/mol. The molecular weight excluding hydrogens is 228 g/mol. The van der Waals surface area contributed by atoms with Crippen LogP contribution >= 0.6 is 11.3 Å². The first kappa shape index (κ1) is 12.3. The van der Waals surface area contributed by atoms with Crippen molar-refractivity contribution >= 4 is 11.3 Å². The van der Waals surface area contributed by atoms with Crippen molar-refractivity contribution in [2.75, 3.05) is 0 Å². The van der Waals surface area contributed by atoms with Crippen LogP contribution < -0.4 is 5.32 Å². The molecule has 0 bridgehead atoms. The predicted octanol–water partition coefficient (Wildman–Crippen LogP) is 3.61. The quantitative estimate of drug-likeness (QED) is 0.891. The third kappa shape index (κ3) is 3.14. The van der Waals surface area contributed by atoms with Gasteiger partial charge in [-0.05, 0) is 26.3 Å². The standard InChI is InChI=1S/C14H18N2S/c1-10-4-6-13(7-5-10)11(2)15-8-14-12(3)16-9-17-14/h4-7,9,11,15H,8H2,1-3H3/t11-/m0/s1. The minimum atomic E-state index is 0.372. The zero-order valence-electron chi connectivity index (χ0n) is 10.5. The molecular formula is C14H18N2S. The van der Waals surface area contributed by atoms with E-state index >= 15 is 0 Å². The number of aryl methyl sites for hydroxylation is 2. The largest absolute Gasteiger partial charge is 0.305 e. The fraction of sp³-hybridized carbons (Fsp3) is 0.357. The van der Waals surface area contributed by atoms with Crippen LogP contribution in [0.25, 0.3) is 0 Å². The third-order valence-corrected chi connectivity index (χ3v) is 3.93. The molecule has 1 N–H and O–H groups in total. The average molecular weight is 246 g/mol. The van der Waals surface area contributed by atoms with Gasteiger partial charge in [-0.25, -0.2) is 4.98 Å². The normalized spacial score (nSPS) is 12.6. The van der Waals surface area contributed by atoms with Gasteiger partial charge in [0.05, 0.1) is 11.2 Å². The summed E-state index contributed by atoms with van der Waals surface area (Å²) in [7, 11) is 0. The molecule has 0 fully saturated rings. The molecule has 1 aromatic carbocycles. The lowest BCUT2D eigenvalue weighted by atomic mass is 10.1. The fourth-order valence-corrected chi connectivity index (χ4v) is 2.44. The highest BCUT2D eigenvalue weighted by atomic mass is 32.1. The van der Waals surface area contributed by atoms with Gasteiger partial charge in [-0.3, -0.25) is 0 Å². The number of thiazole rings is 1. The second-order valence-electron chi connectivity index (χ2n) is 4.37. The number of nitrogens with one attached hydrogen (secondary N) is 1. The van der Waals surface area contributed by atoms with E-state index in [9.17, 15) is 0 Å². The van der Waals surface area contributed by atoms with Crippen molar-refractivity contribution in [3.63, 3.8) is 0 Å². The summed E-state index contributed by atoms with van der Waals surface area (Å²) in [5.74, 6) is 0. The van der Waals surface area contributed by atoms with Gasteiger partial charge in [0.25, 0.3) is 0 Å². The van der Waals surface area contributed by atoms with Gasteiger partial charge in [-0.15, -0.1) is 11.3 Å². The highest BCUT2D eigenvalue weighted by molar-refractivity contribution is 7.09. The Morgan fingerprint density at radius 3 is 2.53 bits per heavy atom. The molecule has 1 aromatic heterocycles. The molecule has 0 aliphatic carbocycles. The number of hydrogen-bond acceptors (Lipinski definition) is 3. The number of rotatable bonds is 4. The van der Waals surface area contributed by atoms with Gasteiger partial charge in [0.1, 0.15) is 0 Å². The molecule has 17 heavy (non-hydrogen) atoms. The molecule has 0 unspecified atom stereocenters. The van der Waals surface area contributed by atoms with Gasteiger partial charge in [0.15, 0.2) is 0 Å². The molecule has 0 aliphatic rings. The summed E-state index contributed by atoms with van der Waals surface area (Å²) in [6.45, 7) is 7.26. The van der Waals surface area contributed by atoms with E-state index in [4.69, 9.17) is 0 Å². The number of nitrogens with zero attached hydrogens (tertiary/aromatic N) is 1. The molecule has 0 saturated heterocycles. The highest BCUT2D eigenvalue weighted by Crippen LogP contribution is 2.16. The van der Waals surface area contributed by atoms with Crippen molar-refractivity contribution < 1.29 is 0 Å². The summed E-state index contributed by atoms with van der Waals surface area (Å²) >= 11 is 1.72. The minimum absolute atomic E-state index is 0.372. The van der Waals surface area contributed by atoms with E-state index in [1.165, 1.54) is 16.0 Å². The Kier molecular flexibility index (Phi) is 3.92. The van der Waals surface area contributed by atoms with E-state index in [2.05, 4.69) is 55.3 Å². The maximum atomic E-state index is 4.26. The first-order chi connectivity index (χ1) is 8.16. The lowest BCUT2D eigenvalue weighted by molar-refractivity contribution is 0.577. The highest BCUT2D eigenvalue weighted by Gasteiger charge is 2.06. The van der Waals surface area contributed by atoms with Crippen molar-refractivity contribution in [1.82, 2.24) is 10.3 Å². The van der Waals surface area contributed by atoms with Crippen LogP contribution in [-0.2, 0) is 6.54 Å².